The van der Waals surface area contributed by atoms with Crippen LogP contribution in [-0.4, -0.2) is 16.2 Å². The Labute approximate surface area is 125 Å². The van der Waals surface area contributed by atoms with Crippen molar-refractivity contribution >= 4 is 34.7 Å². The van der Waals surface area contributed by atoms with Crippen molar-refractivity contribution < 1.29 is 0 Å². The molecule has 0 bridgehead atoms. The number of anilines is 1. The minimum Gasteiger partial charge on any atom is -0.317 e. The lowest BCUT2D eigenvalue weighted by Crippen LogP contribution is -2.13. The molecule has 3 rings (SSSR count). The Hall–Kier alpha value is -2.66. The molecule has 0 fully saturated rings. The van der Waals surface area contributed by atoms with Crippen LogP contribution in [0.2, 0.25) is 5.02 Å². The van der Waals surface area contributed by atoms with E-state index in [2.05, 4.69) is 20.5 Å². The third-order valence-electron chi connectivity index (χ3n) is 2.88. The van der Waals surface area contributed by atoms with E-state index in [1.54, 1.807) is 18.3 Å². The van der Waals surface area contributed by atoms with Crippen LogP contribution < -0.4 is 11.0 Å². The van der Waals surface area contributed by atoms with Crippen molar-refractivity contribution in [1.82, 2.24) is 9.97 Å². The van der Waals surface area contributed by atoms with Crippen molar-refractivity contribution in [2.24, 2.45) is 5.10 Å². The van der Waals surface area contributed by atoms with Gasteiger partial charge in [-0.25, -0.2) is 4.98 Å². The summed E-state index contributed by atoms with van der Waals surface area (Å²) in [6.07, 6.45) is 1.54. The van der Waals surface area contributed by atoms with Gasteiger partial charge in [0.15, 0.2) is 0 Å². The van der Waals surface area contributed by atoms with Gasteiger partial charge in [0.05, 0.1) is 17.2 Å². The van der Waals surface area contributed by atoms with Crippen LogP contribution in [-0.2, 0) is 0 Å². The molecule has 6 heteroatoms. The Balaban J connectivity index is 1.87. The van der Waals surface area contributed by atoms with E-state index in [0.29, 0.717) is 16.1 Å². The van der Waals surface area contributed by atoms with Crippen LogP contribution >= 0.6 is 11.6 Å². The van der Waals surface area contributed by atoms with Gasteiger partial charge in [-0.3, -0.25) is 10.2 Å². The smallest absolute Gasteiger partial charge is 0.293 e. The van der Waals surface area contributed by atoms with E-state index < -0.39 is 0 Å². The molecule has 0 unspecified atom stereocenters. The molecule has 0 aliphatic carbocycles. The number of hydrogen-bond donors (Lipinski definition) is 2. The van der Waals surface area contributed by atoms with E-state index >= 15 is 0 Å². The van der Waals surface area contributed by atoms with Crippen molar-refractivity contribution in [1.29, 1.82) is 0 Å². The summed E-state index contributed by atoms with van der Waals surface area (Å²) in [6, 6.07) is 14.6. The Morgan fingerprint density at radius 2 is 1.90 bits per heavy atom. The van der Waals surface area contributed by atoms with Crippen LogP contribution in [0.5, 0.6) is 0 Å². The number of hydrogen-bond acceptors (Lipinski definition) is 4. The Kier molecular flexibility index (Phi) is 3.66. The summed E-state index contributed by atoms with van der Waals surface area (Å²) >= 11 is 6.01. The molecule has 5 nitrogen and oxygen atoms in total. The number of hydrazone groups is 1. The first-order valence-corrected chi connectivity index (χ1v) is 6.64. The van der Waals surface area contributed by atoms with Gasteiger partial charge in [0.2, 0.25) is 5.82 Å². The molecule has 3 aromatic rings. The number of aromatic nitrogens is 2. The third-order valence-corrected chi connectivity index (χ3v) is 3.22. The Morgan fingerprint density at radius 3 is 2.76 bits per heavy atom. The summed E-state index contributed by atoms with van der Waals surface area (Å²) in [5.74, 6) is 0.136. The molecule has 0 spiro atoms. The molecule has 2 aromatic carbocycles. The van der Waals surface area contributed by atoms with Gasteiger partial charge in [0.1, 0.15) is 0 Å². The highest BCUT2D eigenvalue weighted by molar-refractivity contribution is 6.33. The molecular formula is C15H11ClN4O. The maximum Gasteiger partial charge on any atom is 0.293 e. The molecule has 104 valence electrons. The highest BCUT2D eigenvalue weighted by Gasteiger charge is 2.02. The summed E-state index contributed by atoms with van der Waals surface area (Å²) in [4.78, 5) is 18.8. The molecular weight excluding hydrogens is 288 g/mol. The zero-order valence-electron chi connectivity index (χ0n) is 10.9. The second kappa shape index (κ2) is 5.76. The summed E-state index contributed by atoms with van der Waals surface area (Å²) < 4.78 is 0. The normalized spacial score (nSPS) is 11.1. The number of benzene rings is 2. The van der Waals surface area contributed by atoms with E-state index in [4.69, 9.17) is 11.6 Å². The largest absolute Gasteiger partial charge is 0.317 e. The number of fused-ring (bicyclic) bond motifs is 1. The average Bonchev–Trinajstić information content (AvgIpc) is 2.49. The van der Waals surface area contributed by atoms with Crippen molar-refractivity contribution in [3.63, 3.8) is 0 Å². The third kappa shape index (κ3) is 2.93. The molecule has 1 aromatic heterocycles. The van der Waals surface area contributed by atoms with E-state index in [-0.39, 0.29) is 11.4 Å². The van der Waals surface area contributed by atoms with Crippen molar-refractivity contribution in [3.05, 3.63) is 69.5 Å². The summed E-state index contributed by atoms with van der Waals surface area (Å²) in [7, 11) is 0. The van der Waals surface area contributed by atoms with E-state index in [1.807, 2.05) is 36.4 Å². The molecule has 0 saturated carbocycles. The first-order valence-electron chi connectivity index (χ1n) is 6.27. The number of H-pyrrole nitrogens is 1. The zero-order valence-corrected chi connectivity index (χ0v) is 11.6. The molecule has 2 N–H and O–H groups in total. The second-order valence-corrected chi connectivity index (χ2v) is 4.73. The van der Waals surface area contributed by atoms with Crippen LogP contribution in [0.1, 0.15) is 5.56 Å². The lowest BCUT2D eigenvalue weighted by Gasteiger charge is -2.01. The zero-order chi connectivity index (χ0) is 14.7. The predicted molar refractivity (Wildman–Crippen MR) is 85.0 cm³/mol. The monoisotopic (exact) mass is 298 g/mol. The minimum absolute atomic E-state index is 0.136. The lowest BCUT2D eigenvalue weighted by atomic mass is 10.2. The first-order chi connectivity index (χ1) is 10.2. The SMILES string of the molecule is O=c1[nH]c2ccccc2nc1NN=Cc1ccccc1Cl. The minimum atomic E-state index is -0.329. The maximum atomic E-state index is 11.9. The second-order valence-electron chi connectivity index (χ2n) is 4.32. The summed E-state index contributed by atoms with van der Waals surface area (Å²) in [6.45, 7) is 0. The van der Waals surface area contributed by atoms with Gasteiger partial charge in [-0.2, -0.15) is 5.10 Å². The molecule has 0 amide bonds. The number of nitrogens with zero attached hydrogens (tertiary/aromatic N) is 2. The molecule has 0 atom stereocenters. The average molecular weight is 299 g/mol. The predicted octanol–water partition coefficient (Wildman–Crippen LogP) is 3.02. The molecule has 0 aliphatic rings. The van der Waals surface area contributed by atoms with Crippen LogP contribution in [0.3, 0.4) is 0 Å². The van der Waals surface area contributed by atoms with Crippen LogP contribution in [0, 0.1) is 0 Å². The molecule has 0 aliphatic heterocycles. The number of halogens is 1. The van der Waals surface area contributed by atoms with Gasteiger partial charge in [0, 0.05) is 10.6 Å². The van der Waals surface area contributed by atoms with Crippen molar-refractivity contribution in [2.45, 2.75) is 0 Å². The summed E-state index contributed by atoms with van der Waals surface area (Å²) in [5, 5.41) is 4.58. The van der Waals surface area contributed by atoms with E-state index in [0.717, 1.165) is 5.56 Å². The number of para-hydroxylation sites is 2. The van der Waals surface area contributed by atoms with Gasteiger partial charge < -0.3 is 4.98 Å². The molecule has 1 heterocycles. The fraction of sp³-hybridized carbons (Fsp3) is 0. The van der Waals surface area contributed by atoms with Crippen LogP contribution in [0.4, 0.5) is 5.82 Å². The number of nitrogens with one attached hydrogen (secondary N) is 2. The standard InChI is InChI=1S/C15H11ClN4O/c16-11-6-2-1-5-10(11)9-17-20-14-15(21)19-13-8-4-3-7-12(13)18-14/h1-9H,(H,18,20)(H,19,21). The topological polar surface area (TPSA) is 70.1 Å². The molecule has 0 radical (unpaired) electrons. The fourth-order valence-corrected chi connectivity index (χ4v) is 2.03. The van der Waals surface area contributed by atoms with Crippen molar-refractivity contribution in [2.75, 3.05) is 5.43 Å². The number of aromatic amines is 1. The molecule has 0 saturated heterocycles. The fourth-order valence-electron chi connectivity index (χ4n) is 1.85. The van der Waals surface area contributed by atoms with Gasteiger partial charge in [-0.15, -0.1) is 0 Å². The Bertz CT molecular complexity index is 873. The van der Waals surface area contributed by atoms with Crippen LogP contribution in [0.15, 0.2) is 58.4 Å². The quantitative estimate of drug-likeness (QED) is 0.577. The maximum absolute atomic E-state index is 11.9. The van der Waals surface area contributed by atoms with Gasteiger partial charge >= 0.3 is 0 Å². The van der Waals surface area contributed by atoms with Gasteiger partial charge in [0.25, 0.3) is 5.56 Å². The van der Waals surface area contributed by atoms with E-state index in [9.17, 15) is 4.79 Å². The van der Waals surface area contributed by atoms with Gasteiger partial charge in [-0.1, -0.05) is 41.9 Å². The first kappa shape index (κ1) is 13.3. The number of rotatable bonds is 3. The summed E-state index contributed by atoms with van der Waals surface area (Å²) in [5.41, 5.74) is 4.43. The van der Waals surface area contributed by atoms with Crippen LogP contribution in [0.25, 0.3) is 11.0 Å². The highest BCUT2D eigenvalue weighted by Crippen LogP contribution is 2.12. The van der Waals surface area contributed by atoms with Gasteiger partial charge in [-0.05, 0) is 18.2 Å². The van der Waals surface area contributed by atoms with E-state index in [1.165, 1.54) is 0 Å². The lowest BCUT2D eigenvalue weighted by molar-refractivity contribution is 1.17. The highest BCUT2D eigenvalue weighted by atomic mass is 35.5. The Morgan fingerprint density at radius 1 is 1.14 bits per heavy atom. The van der Waals surface area contributed by atoms with Crippen molar-refractivity contribution in [3.8, 4) is 0 Å². The molecule has 21 heavy (non-hydrogen) atoms.